The van der Waals surface area contributed by atoms with Crippen molar-refractivity contribution in [2.24, 2.45) is 0 Å². The summed E-state index contributed by atoms with van der Waals surface area (Å²) in [7, 11) is 1.97. The van der Waals surface area contributed by atoms with Gasteiger partial charge in [-0.05, 0) is 19.4 Å². The molecule has 0 aliphatic heterocycles. The summed E-state index contributed by atoms with van der Waals surface area (Å²) < 4.78 is 0. The first-order valence-corrected chi connectivity index (χ1v) is 4.76. The van der Waals surface area contributed by atoms with Crippen molar-refractivity contribution in [2.75, 3.05) is 18.5 Å². The fraction of sp³-hybridized carbons (Fsp3) is 0.556. The minimum Gasteiger partial charge on any atom is -0.344 e. The zero-order valence-corrected chi connectivity index (χ0v) is 8.70. The Bertz CT molecular complexity index is 238. The van der Waals surface area contributed by atoms with E-state index in [4.69, 9.17) is 11.6 Å². The summed E-state index contributed by atoms with van der Waals surface area (Å²) in [5, 5.41) is 0.200. The summed E-state index contributed by atoms with van der Waals surface area (Å²) in [6.07, 6.45) is 4.42. The number of anilines is 1. The molecule has 0 spiro atoms. The van der Waals surface area contributed by atoms with Crippen molar-refractivity contribution in [2.45, 2.75) is 18.7 Å². The lowest BCUT2D eigenvalue weighted by Gasteiger charge is -2.16. The Morgan fingerprint density at radius 2 is 2.08 bits per heavy atom. The third kappa shape index (κ3) is 3.59. The van der Waals surface area contributed by atoms with Gasteiger partial charge in [0.15, 0.2) is 0 Å². The Morgan fingerprint density at radius 3 is 2.62 bits per heavy atom. The highest BCUT2D eigenvalue weighted by molar-refractivity contribution is 6.20. The van der Waals surface area contributed by atoms with E-state index in [1.807, 2.05) is 24.9 Å². The molecule has 0 saturated carbocycles. The maximum Gasteiger partial charge on any atom is 0.224 e. The normalized spacial score (nSPS) is 12.5. The van der Waals surface area contributed by atoms with Crippen LogP contribution in [0.2, 0.25) is 0 Å². The molecule has 1 heterocycles. The van der Waals surface area contributed by atoms with Crippen molar-refractivity contribution in [3.05, 3.63) is 18.5 Å². The number of alkyl halides is 1. The number of nitrogens with zero attached hydrogens (tertiary/aromatic N) is 3. The van der Waals surface area contributed by atoms with E-state index in [1.54, 1.807) is 12.4 Å². The van der Waals surface area contributed by atoms with Crippen LogP contribution in [0.3, 0.4) is 0 Å². The van der Waals surface area contributed by atoms with Crippen LogP contribution in [0.5, 0.6) is 0 Å². The van der Waals surface area contributed by atoms with Crippen molar-refractivity contribution in [3.63, 3.8) is 0 Å². The van der Waals surface area contributed by atoms with Gasteiger partial charge in [-0.25, -0.2) is 9.97 Å². The summed E-state index contributed by atoms with van der Waals surface area (Å²) in [5.41, 5.74) is 0. The fourth-order valence-corrected chi connectivity index (χ4v) is 1.06. The van der Waals surface area contributed by atoms with E-state index < -0.39 is 0 Å². The first-order chi connectivity index (χ1) is 6.20. The molecule has 0 aromatic carbocycles. The number of hydrogen-bond acceptors (Lipinski definition) is 3. The highest BCUT2D eigenvalue weighted by atomic mass is 35.5. The third-order valence-electron chi connectivity index (χ3n) is 1.76. The molecule has 1 rings (SSSR count). The van der Waals surface area contributed by atoms with Crippen LogP contribution in [-0.2, 0) is 0 Å². The molecular formula is C9H14ClN3. The molecule has 1 atom stereocenters. The Morgan fingerprint density at radius 1 is 1.46 bits per heavy atom. The van der Waals surface area contributed by atoms with Crippen LogP contribution >= 0.6 is 11.6 Å². The van der Waals surface area contributed by atoms with Crippen molar-refractivity contribution in [1.29, 1.82) is 0 Å². The molecule has 4 heteroatoms. The molecule has 0 radical (unpaired) electrons. The number of rotatable bonds is 4. The van der Waals surface area contributed by atoms with Gasteiger partial charge in [0.2, 0.25) is 5.95 Å². The fourth-order valence-electron chi connectivity index (χ4n) is 0.960. The van der Waals surface area contributed by atoms with Crippen LogP contribution < -0.4 is 4.90 Å². The Hall–Kier alpha value is -0.830. The molecular weight excluding hydrogens is 186 g/mol. The first kappa shape index (κ1) is 10.3. The second-order valence-electron chi connectivity index (χ2n) is 3.04. The molecule has 0 N–H and O–H groups in total. The minimum absolute atomic E-state index is 0.200. The standard InChI is InChI=1S/C9H14ClN3/c1-8(10)4-7-13(2)9-11-5-3-6-12-9/h3,5-6,8H,4,7H2,1-2H3. The van der Waals surface area contributed by atoms with E-state index >= 15 is 0 Å². The largest absolute Gasteiger partial charge is 0.344 e. The van der Waals surface area contributed by atoms with E-state index in [0.717, 1.165) is 18.9 Å². The van der Waals surface area contributed by atoms with Gasteiger partial charge >= 0.3 is 0 Å². The maximum atomic E-state index is 5.84. The zero-order chi connectivity index (χ0) is 9.68. The van der Waals surface area contributed by atoms with E-state index in [2.05, 4.69) is 9.97 Å². The van der Waals surface area contributed by atoms with Gasteiger partial charge in [-0.2, -0.15) is 0 Å². The summed E-state index contributed by atoms with van der Waals surface area (Å²) in [4.78, 5) is 10.3. The second kappa shape index (κ2) is 5.02. The number of hydrogen-bond donors (Lipinski definition) is 0. The molecule has 0 fully saturated rings. The first-order valence-electron chi connectivity index (χ1n) is 4.32. The van der Waals surface area contributed by atoms with Gasteiger partial charge in [0, 0.05) is 31.4 Å². The molecule has 13 heavy (non-hydrogen) atoms. The van der Waals surface area contributed by atoms with Crippen LogP contribution in [0.1, 0.15) is 13.3 Å². The van der Waals surface area contributed by atoms with Gasteiger partial charge in [-0.15, -0.1) is 11.6 Å². The number of halogens is 1. The molecule has 0 aliphatic rings. The Balaban J connectivity index is 2.44. The lowest BCUT2D eigenvalue weighted by Crippen LogP contribution is -2.22. The van der Waals surface area contributed by atoms with Gasteiger partial charge in [0.1, 0.15) is 0 Å². The quantitative estimate of drug-likeness (QED) is 0.694. The topological polar surface area (TPSA) is 29.0 Å². The summed E-state index contributed by atoms with van der Waals surface area (Å²) in [6.45, 7) is 2.87. The average molecular weight is 200 g/mol. The van der Waals surface area contributed by atoms with Gasteiger partial charge in [-0.1, -0.05) is 0 Å². The van der Waals surface area contributed by atoms with Gasteiger partial charge < -0.3 is 4.90 Å². The predicted molar refractivity (Wildman–Crippen MR) is 55.2 cm³/mol. The molecule has 0 saturated heterocycles. The molecule has 3 nitrogen and oxygen atoms in total. The molecule has 72 valence electrons. The number of aromatic nitrogens is 2. The Labute approximate surface area is 83.8 Å². The minimum atomic E-state index is 0.200. The van der Waals surface area contributed by atoms with Crippen molar-refractivity contribution < 1.29 is 0 Å². The molecule has 1 unspecified atom stereocenters. The Kier molecular flexibility index (Phi) is 3.96. The van der Waals surface area contributed by atoms with E-state index in [1.165, 1.54) is 0 Å². The van der Waals surface area contributed by atoms with Crippen LogP contribution in [-0.4, -0.2) is 28.9 Å². The van der Waals surface area contributed by atoms with Gasteiger partial charge in [0.05, 0.1) is 0 Å². The van der Waals surface area contributed by atoms with Crippen molar-refractivity contribution >= 4 is 17.5 Å². The molecule has 0 amide bonds. The zero-order valence-electron chi connectivity index (χ0n) is 7.94. The third-order valence-corrected chi connectivity index (χ3v) is 1.97. The maximum absolute atomic E-state index is 5.84. The monoisotopic (exact) mass is 199 g/mol. The lowest BCUT2D eigenvalue weighted by atomic mass is 10.3. The van der Waals surface area contributed by atoms with Gasteiger partial charge in [0.25, 0.3) is 0 Å². The SMILES string of the molecule is CC(Cl)CCN(C)c1ncccn1. The van der Waals surface area contributed by atoms with E-state index in [0.29, 0.717) is 0 Å². The van der Waals surface area contributed by atoms with Crippen LogP contribution in [0.15, 0.2) is 18.5 Å². The van der Waals surface area contributed by atoms with E-state index in [9.17, 15) is 0 Å². The summed E-state index contributed by atoms with van der Waals surface area (Å²) in [6, 6.07) is 1.81. The highest BCUT2D eigenvalue weighted by Crippen LogP contribution is 2.06. The lowest BCUT2D eigenvalue weighted by molar-refractivity contribution is 0.755. The smallest absolute Gasteiger partial charge is 0.224 e. The van der Waals surface area contributed by atoms with E-state index in [-0.39, 0.29) is 5.38 Å². The second-order valence-corrected chi connectivity index (χ2v) is 3.78. The summed E-state index contributed by atoms with van der Waals surface area (Å²) >= 11 is 5.84. The van der Waals surface area contributed by atoms with Gasteiger partial charge in [-0.3, -0.25) is 0 Å². The summed E-state index contributed by atoms with van der Waals surface area (Å²) in [5.74, 6) is 0.750. The van der Waals surface area contributed by atoms with Crippen molar-refractivity contribution in [1.82, 2.24) is 9.97 Å². The van der Waals surface area contributed by atoms with Crippen molar-refractivity contribution in [3.8, 4) is 0 Å². The van der Waals surface area contributed by atoms with Crippen LogP contribution in [0.4, 0.5) is 5.95 Å². The van der Waals surface area contributed by atoms with Crippen LogP contribution in [0, 0.1) is 0 Å². The average Bonchev–Trinajstić information content (AvgIpc) is 2.15. The molecule has 0 aliphatic carbocycles. The molecule has 1 aromatic heterocycles. The highest BCUT2D eigenvalue weighted by Gasteiger charge is 2.03. The van der Waals surface area contributed by atoms with Crippen LogP contribution in [0.25, 0.3) is 0 Å². The molecule has 0 bridgehead atoms. The predicted octanol–water partition coefficient (Wildman–Crippen LogP) is 1.93. The molecule has 1 aromatic rings.